The highest BCUT2D eigenvalue weighted by Gasteiger charge is 2.17. The number of hydrogen-bond donors (Lipinski definition) is 2. The van der Waals surface area contributed by atoms with Crippen molar-refractivity contribution in [2.24, 2.45) is 0 Å². The van der Waals surface area contributed by atoms with Crippen LogP contribution in [-0.2, 0) is 9.59 Å². The molecule has 0 spiro atoms. The van der Waals surface area contributed by atoms with Crippen molar-refractivity contribution in [3.63, 3.8) is 0 Å². The third-order valence-electron chi connectivity index (χ3n) is 2.42. The van der Waals surface area contributed by atoms with E-state index in [-0.39, 0.29) is 35.6 Å². The average Bonchev–Trinajstić information content (AvgIpc) is 2.35. The van der Waals surface area contributed by atoms with E-state index in [1.165, 1.54) is 6.92 Å². The second-order valence-electron chi connectivity index (χ2n) is 4.04. The minimum absolute atomic E-state index is 0.0170. The Bertz CT molecular complexity index is 581. The molecule has 0 aliphatic rings. The monoisotopic (exact) mass is 280 g/mol. The zero-order valence-electron chi connectivity index (χ0n) is 10.6. The predicted molar refractivity (Wildman–Crippen MR) is 68.6 cm³/mol. The summed E-state index contributed by atoms with van der Waals surface area (Å²) in [7, 11) is 0. The van der Waals surface area contributed by atoms with Gasteiger partial charge in [0.1, 0.15) is 5.78 Å². The molecule has 106 valence electrons. The molecule has 0 aliphatic carbocycles. The number of hydrogen-bond acceptors (Lipinski definition) is 5. The first-order valence-electron chi connectivity index (χ1n) is 5.62. The number of Topliss-reactive ketones (excluding diaryl/α,β-unsaturated/α-hetero) is 1. The number of carboxylic acid groups (broad SMARTS) is 1. The summed E-state index contributed by atoms with van der Waals surface area (Å²) < 4.78 is 0. The lowest BCUT2D eigenvalue weighted by Gasteiger charge is -2.07. The molecule has 8 nitrogen and oxygen atoms in total. The molecule has 0 bridgehead atoms. The van der Waals surface area contributed by atoms with Crippen molar-refractivity contribution in [1.29, 1.82) is 0 Å². The van der Waals surface area contributed by atoms with Crippen molar-refractivity contribution in [3.05, 3.63) is 33.9 Å². The molecule has 8 heteroatoms. The molecule has 20 heavy (non-hydrogen) atoms. The van der Waals surface area contributed by atoms with Gasteiger partial charge in [-0.15, -0.1) is 0 Å². The largest absolute Gasteiger partial charge is 0.478 e. The van der Waals surface area contributed by atoms with Crippen LogP contribution in [0.5, 0.6) is 0 Å². The van der Waals surface area contributed by atoms with E-state index in [1.807, 2.05) is 0 Å². The topological polar surface area (TPSA) is 127 Å². The third kappa shape index (κ3) is 4.16. The maximum absolute atomic E-state index is 11.5. The number of nitro groups is 1. The molecular formula is C12H12N2O6. The highest BCUT2D eigenvalue weighted by Crippen LogP contribution is 2.23. The molecule has 1 rings (SSSR count). The Kier molecular flexibility index (Phi) is 4.90. The Hall–Kier alpha value is -2.77. The fourth-order valence-corrected chi connectivity index (χ4v) is 1.44. The van der Waals surface area contributed by atoms with E-state index in [9.17, 15) is 24.5 Å². The number of carbonyl (C=O) groups is 3. The number of anilines is 1. The van der Waals surface area contributed by atoms with Crippen LogP contribution in [0, 0.1) is 10.1 Å². The van der Waals surface area contributed by atoms with E-state index in [2.05, 4.69) is 5.32 Å². The summed E-state index contributed by atoms with van der Waals surface area (Å²) in [6.45, 7) is 1.32. The van der Waals surface area contributed by atoms with Crippen molar-refractivity contribution >= 4 is 29.0 Å². The maximum atomic E-state index is 11.5. The van der Waals surface area contributed by atoms with Gasteiger partial charge in [0, 0.05) is 25.0 Å². The molecular weight excluding hydrogens is 268 g/mol. The van der Waals surface area contributed by atoms with Gasteiger partial charge in [-0.05, 0) is 13.0 Å². The van der Waals surface area contributed by atoms with E-state index < -0.39 is 16.8 Å². The van der Waals surface area contributed by atoms with Crippen LogP contribution in [0.2, 0.25) is 0 Å². The minimum Gasteiger partial charge on any atom is -0.478 e. The Labute approximate surface area is 113 Å². The molecule has 0 saturated heterocycles. The third-order valence-corrected chi connectivity index (χ3v) is 2.42. The Balaban J connectivity index is 2.98. The average molecular weight is 280 g/mol. The van der Waals surface area contributed by atoms with Crippen LogP contribution >= 0.6 is 0 Å². The molecule has 0 aliphatic heterocycles. The molecule has 0 aromatic heterocycles. The Morgan fingerprint density at radius 1 is 1.30 bits per heavy atom. The van der Waals surface area contributed by atoms with Gasteiger partial charge in [0.05, 0.1) is 16.2 Å². The summed E-state index contributed by atoms with van der Waals surface area (Å²) in [6, 6.07) is 3.05. The van der Waals surface area contributed by atoms with Crippen LogP contribution in [0.3, 0.4) is 0 Å². The fraction of sp³-hybridized carbons (Fsp3) is 0.250. The van der Waals surface area contributed by atoms with Crippen molar-refractivity contribution in [2.75, 3.05) is 5.32 Å². The minimum atomic E-state index is -1.32. The predicted octanol–water partition coefficient (Wildman–Crippen LogP) is 1.60. The number of aromatic carboxylic acids is 1. The number of nitro benzene ring substituents is 1. The number of carbonyl (C=O) groups excluding carboxylic acids is 2. The Morgan fingerprint density at radius 3 is 2.45 bits per heavy atom. The molecule has 1 aromatic rings. The van der Waals surface area contributed by atoms with Gasteiger partial charge in [0.15, 0.2) is 0 Å². The van der Waals surface area contributed by atoms with Crippen LogP contribution in [0.1, 0.15) is 30.1 Å². The lowest BCUT2D eigenvalue weighted by molar-refractivity contribution is -0.384. The SMILES string of the molecule is CC(=O)CCC(=O)Nc1cc([N+](=O)[O-])ccc1C(=O)O. The van der Waals surface area contributed by atoms with Gasteiger partial charge >= 0.3 is 5.97 Å². The van der Waals surface area contributed by atoms with Crippen LogP contribution in [0.25, 0.3) is 0 Å². The molecule has 0 unspecified atom stereocenters. The van der Waals surface area contributed by atoms with Crippen molar-refractivity contribution in [1.82, 2.24) is 0 Å². The molecule has 2 N–H and O–H groups in total. The van der Waals surface area contributed by atoms with Crippen LogP contribution in [0.4, 0.5) is 11.4 Å². The Morgan fingerprint density at radius 2 is 1.95 bits per heavy atom. The maximum Gasteiger partial charge on any atom is 0.337 e. The van der Waals surface area contributed by atoms with Crippen molar-refractivity contribution < 1.29 is 24.4 Å². The number of carboxylic acids is 1. The van der Waals surface area contributed by atoms with E-state index in [0.717, 1.165) is 18.2 Å². The molecule has 1 amide bonds. The number of nitrogens with zero attached hydrogens (tertiary/aromatic N) is 1. The summed E-state index contributed by atoms with van der Waals surface area (Å²) >= 11 is 0. The van der Waals surface area contributed by atoms with Gasteiger partial charge < -0.3 is 15.2 Å². The normalized spacial score (nSPS) is 9.85. The molecule has 1 aromatic carbocycles. The number of ketones is 1. The smallest absolute Gasteiger partial charge is 0.337 e. The van der Waals surface area contributed by atoms with Crippen molar-refractivity contribution in [2.45, 2.75) is 19.8 Å². The van der Waals surface area contributed by atoms with Crippen LogP contribution < -0.4 is 5.32 Å². The highest BCUT2D eigenvalue weighted by molar-refractivity contribution is 6.01. The van der Waals surface area contributed by atoms with Crippen LogP contribution in [0.15, 0.2) is 18.2 Å². The molecule has 0 saturated carbocycles. The van der Waals surface area contributed by atoms with E-state index in [0.29, 0.717) is 0 Å². The van der Waals surface area contributed by atoms with Gasteiger partial charge in [0.2, 0.25) is 5.91 Å². The highest BCUT2D eigenvalue weighted by atomic mass is 16.6. The second kappa shape index (κ2) is 6.41. The zero-order valence-corrected chi connectivity index (χ0v) is 10.6. The number of non-ortho nitro benzene ring substituents is 1. The van der Waals surface area contributed by atoms with Crippen LogP contribution in [-0.4, -0.2) is 27.7 Å². The lowest BCUT2D eigenvalue weighted by atomic mass is 10.1. The van der Waals surface area contributed by atoms with E-state index in [1.54, 1.807) is 0 Å². The fourth-order valence-electron chi connectivity index (χ4n) is 1.44. The summed E-state index contributed by atoms with van der Waals surface area (Å²) in [5.74, 6) is -2.08. The molecule has 0 atom stereocenters. The van der Waals surface area contributed by atoms with Gasteiger partial charge in [0.25, 0.3) is 5.69 Å². The molecule has 0 fully saturated rings. The van der Waals surface area contributed by atoms with E-state index >= 15 is 0 Å². The number of amides is 1. The summed E-state index contributed by atoms with van der Waals surface area (Å²) in [5.41, 5.74) is -0.760. The first-order chi connectivity index (χ1) is 9.31. The van der Waals surface area contributed by atoms with E-state index in [4.69, 9.17) is 5.11 Å². The number of benzene rings is 1. The second-order valence-corrected chi connectivity index (χ2v) is 4.04. The quantitative estimate of drug-likeness (QED) is 0.601. The first kappa shape index (κ1) is 15.3. The molecule has 0 radical (unpaired) electrons. The standard InChI is InChI=1S/C12H12N2O6/c1-7(15)2-5-11(16)13-10-6-8(14(19)20)3-4-9(10)12(17)18/h3-4,6H,2,5H2,1H3,(H,13,16)(H,17,18). The summed E-state index contributed by atoms with van der Waals surface area (Å²) in [5, 5.41) is 21.9. The van der Waals surface area contributed by atoms with Gasteiger partial charge in [-0.2, -0.15) is 0 Å². The number of rotatable bonds is 6. The summed E-state index contributed by atoms with van der Waals surface area (Å²) in [4.78, 5) is 43.2. The molecule has 0 heterocycles. The summed E-state index contributed by atoms with van der Waals surface area (Å²) in [6.07, 6.45) is -0.0970. The first-order valence-corrected chi connectivity index (χ1v) is 5.62. The zero-order chi connectivity index (χ0) is 15.3. The van der Waals surface area contributed by atoms with Gasteiger partial charge in [-0.1, -0.05) is 0 Å². The van der Waals surface area contributed by atoms with Gasteiger partial charge in [-0.3, -0.25) is 14.9 Å². The number of nitrogens with one attached hydrogen (secondary N) is 1. The van der Waals surface area contributed by atoms with Gasteiger partial charge in [-0.25, -0.2) is 4.79 Å². The van der Waals surface area contributed by atoms with Crippen molar-refractivity contribution in [3.8, 4) is 0 Å². The lowest BCUT2D eigenvalue weighted by Crippen LogP contribution is -2.15.